The van der Waals surface area contributed by atoms with Crippen LogP contribution in [0.25, 0.3) is 0 Å². The second kappa shape index (κ2) is 12.5. The zero-order valence-electron chi connectivity index (χ0n) is 22.5. The second-order valence-electron chi connectivity index (χ2n) is 10.2. The van der Waals surface area contributed by atoms with E-state index in [9.17, 15) is 35.8 Å². The Morgan fingerprint density at radius 1 is 0.884 bits per heavy atom. The van der Waals surface area contributed by atoms with E-state index in [1.165, 1.54) is 31.2 Å². The van der Waals surface area contributed by atoms with Crippen molar-refractivity contribution in [3.05, 3.63) is 106 Å². The first kappa shape index (κ1) is 31.4. The monoisotopic (exact) mass is 616 g/mol. The van der Waals surface area contributed by atoms with Gasteiger partial charge in [-0.3, -0.25) is 0 Å². The summed E-state index contributed by atoms with van der Waals surface area (Å²) in [5.74, 6) is -0.482. The fourth-order valence-corrected chi connectivity index (χ4v) is 4.90. The molecule has 0 radical (unpaired) electrons. The van der Waals surface area contributed by atoms with E-state index in [0.29, 0.717) is 23.3 Å². The number of fused-ring (bicyclic) bond motifs is 1. The lowest BCUT2D eigenvalue weighted by molar-refractivity contribution is -0.371. The van der Waals surface area contributed by atoms with Gasteiger partial charge in [0.05, 0.1) is 30.4 Å². The molecule has 2 heterocycles. The summed E-state index contributed by atoms with van der Waals surface area (Å²) in [6.45, 7) is 1.03. The number of rotatable bonds is 7. The van der Waals surface area contributed by atoms with E-state index in [1.54, 1.807) is 30.3 Å². The molecular formula is C30H27F7O6. The number of ether oxygens (including phenoxy) is 5. The van der Waals surface area contributed by atoms with Crippen LogP contribution in [0.15, 0.2) is 72.8 Å². The molecule has 1 N–H and O–H groups in total. The summed E-state index contributed by atoms with van der Waals surface area (Å²) in [5.41, 5.74) is -2.22. The van der Waals surface area contributed by atoms with Gasteiger partial charge in [-0.2, -0.15) is 26.3 Å². The fraction of sp³-hybridized carbons (Fsp3) is 0.400. The number of aliphatic hydroxyl groups is 1. The lowest BCUT2D eigenvalue weighted by atomic mass is 9.97. The lowest BCUT2D eigenvalue weighted by Crippen LogP contribution is -2.62. The molecule has 43 heavy (non-hydrogen) atoms. The maximum absolute atomic E-state index is 13.5. The minimum absolute atomic E-state index is 0.0240. The molecule has 5 rings (SSSR count). The van der Waals surface area contributed by atoms with Crippen LogP contribution in [0, 0.1) is 5.82 Å². The predicted molar refractivity (Wildman–Crippen MR) is 136 cm³/mol. The summed E-state index contributed by atoms with van der Waals surface area (Å²) < 4.78 is 124. The standard InChI is InChI=1S/C30H27F7O6/c1-16(19-11-20(29(32,33)34)13-21(12-19)30(35,36)37)41-28-26(39-14-17-7-9-22(31)10-8-17)24(38)25-23(42-28)15-40-27(43-25)18-5-3-2-4-6-18/h2-13,16,23-28,38H,14-15H2,1H3/t16-,23-,24+,25+,26-,27-,28-/m1/s1. The highest BCUT2D eigenvalue weighted by atomic mass is 19.4. The van der Waals surface area contributed by atoms with Gasteiger partial charge in [-0.05, 0) is 48.4 Å². The molecule has 7 atom stereocenters. The third kappa shape index (κ3) is 7.36. The molecule has 0 saturated carbocycles. The Hall–Kier alpha value is -3.07. The summed E-state index contributed by atoms with van der Waals surface area (Å²) >= 11 is 0. The van der Waals surface area contributed by atoms with E-state index >= 15 is 0 Å². The van der Waals surface area contributed by atoms with Crippen LogP contribution in [0.4, 0.5) is 30.7 Å². The molecule has 3 aromatic carbocycles. The van der Waals surface area contributed by atoms with Gasteiger partial charge < -0.3 is 28.8 Å². The van der Waals surface area contributed by atoms with Crippen molar-refractivity contribution < 1.29 is 59.5 Å². The number of benzene rings is 3. The van der Waals surface area contributed by atoms with Crippen molar-refractivity contribution >= 4 is 0 Å². The molecule has 0 amide bonds. The van der Waals surface area contributed by atoms with Crippen LogP contribution in [-0.2, 0) is 42.6 Å². The summed E-state index contributed by atoms with van der Waals surface area (Å²) in [4.78, 5) is 0. The van der Waals surface area contributed by atoms with Crippen molar-refractivity contribution in [3.63, 3.8) is 0 Å². The van der Waals surface area contributed by atoms with Crippen LogP contribution in [0.5, 0.6) is 0 Å². The van der Waals surface area contributed by atoms with Gasteiger partial charge in [0, 0.05) is 5.56 Å². The summed E-state index contributed by atoms with van der Waals surface area (Å²) in [6, 6.07) is 15.3. The molecule has 2 fully saturated rings. The topological polar surface area (TPSA) is 66.4 Å². The first-order valence-electron chi connectivity index (χ1n) is 13.3. The molecule has 13 heteroatoms. The van der Waals surface area contributed by atoms with Crippen LogP contribution in [0.3, 0.4) is 0 Å². The summed E-state index contributed by atoms with van der Waals surface area (Å²) in [5, 5.41) is 11.4. The first-order valence-corrected chi connectivity index (χ1v) is 13.3. The molecule has 2 aliphatic heterocycles. The quantitative estimate of drug-likeness (QED) is 0.297. The predicted octanol–water partition coefficient (Wildman–Crippen LogP) is 6.73. The highest BCUT2D eigenvalue weighted by Gasteiger charge is 2.51. The van der Waals surface area contributed by atoms with Crippen LogP contribution in [0.1, 0.15) is 47.1 Å². The maximum atomic E-state index is 13.5. The van der Waals surface area contributed by atoms with Gasteiger partial charge in [0.1, 0.15) is 30.2 Å². The van der Waals surface area contributed by atoms with Crippen molar-refractivity contribution in [2.24, 2.45) is 0 Å². The molecular weight excluding hydrogens is 589 g/mol. The van der Waals surface area contributed by atoms with Gasteiger partial charge in [-0.25, -0.2) is 4.39 Å². The molecule has 232 valence electrons. The SMILES string of the molecule is C[C@@H](O[C@@H]1O[C@@H]2CO[C@@H](c3ccccc3)O[C@@H]2[C@H](O)[C@H]1OCc1ccc(F)cc1)c1cc(C(F)(F)F)cc(C(F)(F)F)c1. The van der Waals surface area contributed by atoms with E-state index < -0.39 is 78.0 Å². The number of hydrogen-bond donors (Lipinski definition) is 1. The smallest absolute Gasteiger partial charge is 0.387 e. The van der Waals surface area contributed by atoms with E-state index in [1.807, 2.05) is 0 Å². The highest BCUT2D eigenvalue weighted by Crippen LogP contribution is 2.40. The van der Waals surface area contributed by atoms with Crippen molar-refractivity contribution in [1.82, 2.24) is 0 Å². The van der Waals surface area contributed by atoms with Crippen molar-refractivity contribution in [1.29, 1.82) is 0 Å². The third-order valence-electron chi connectivity index (χ3n) is 7.15. The van der Waals surface area contributed by atoms with Crippen molar-refractivity contribution in [2.75, 3.05) is 6.61 Å². The van der Waals surface area contributed by atoms with Crippen molar-refractivity contribution in [3.8, 4) is 0 Å². The maximum Gasteiger partial charge on any atom is 0.416 e. The number of aliphatic hydroxyl groups excluding tert-OH is 1. The third-order valence-corrected chi connectivity index (χ3v) is 7.15. The van der Waals surface area contributed by atoms with Crippen molar-refractivity contribution in [2.45, 2.75) is 69.0 Å². The van der Waals surface area contributed by atoms with Gasteiger partial charge in [0.15, 0.2) is 12.6 Å². The lowest BCUT2D eigenvalue weighted by Gasteiger charge is -2.48. The Labute approximate surface area is 241 Å². The van der Waals surface area contributed by atoms with Gasteiger partial charge in [0.2, 0.25) is 0 Å². The molecule has 0 bridgehead atoms. The molecule has 0 unspecified atom stereocenters. The first-order chi connectivity index (χ1) is 20.3. The van der Waals surface area contributed by atoms with Crippen LogP contribution in [0.2, 0.25) is 0 Å². The van der Waals surface area contributed by atoms with E-state index in [2.05, 4.69) is 0 Å². The average Bonchev–Trinajstić information content (AvgIpc) is 2.97. The van der Waals surface area contributed by atoms with Gasteiger partial charge in [-0.15, -0.1) is 0 Å². The summed E-state index contributed by atoms with van der Waals surface area (Å²) in [7, 11) is 0. The average molecular weight is 617 g/mol. The number of alkyl halides is 6. The van der Waals surface area contributed by atoms with Crippen LogP contribution in [-0.4, -0.2) is 42.4 Å². The Bertz CT molecular complexity index is 1330. The Kier molecular flexibility index (Phi) is 9.12. The van der Waals surface area contributed by atoms with Crippen LogP contribution < -0.4 is 0 Å². The molecule has 2 saturated heterocycles. The molecule has 0 aromatic heterocycles. The van der Waals surface area contributed by atoms with E-state index in [4.69, 9.17) is 23.7 Å². The zero-order chi connectivity index (χ0) is 30.9. The largest absolute Gasteiger partial charge is 0.416 e. The van der Waals surface area contributed by atoms with Gasteiger partial charge in [-0.1, -0.05) is 42.5 Å². The summed E-state index contributed by atoms with van der Waals surface area (Å²) in [6.07, 6.45) is -18.4. The van der Waals surface area contributed by atoms with Crippen LogP contribution >= 0.6 is 0 Å². The Balaban J connectivity index is 1.40. The van der Waals surface area contributed by atoms with Gasteiger partial charge in [0.25, 0.3) is 0 Å². The van der Waals surface area contributed by atoms with Gasteiger partial charge >= 0.3 is 12.4 Å². The molecule has 0 spiro atoms. The Morgan fingerprint density at radius 3 is 2.12 bits per heavy atom. The second-order valence-corrected chi connectivity index (χ2v) is 10.2. The van der Waals surface area contributed by atoms with E-state index in [-0.39, 0.29) is 19.3 Å². The Morgan fingerprint density at radius 2 is 1.51 bits per heavy atom. The number of halogens is 7. The number of hydrogen-bond acceptors (Lipinski definition) is 6. The fourth-order valence-electron chi connectivity index (χ4n) is 4.90. The minimum Gasteiger partial charge on any atom is -0.387 e. The van der Waals surface area contributed by atoms with E-state index in [0.717, 1.165) is 0 Å². The normalized spacial score (nSPS) is 27.0. The molecule has 3 aromatic rings. The molecule has 0 aliphatic carbocycles. The molecule has 6 nitrogen and oxygen atoms in total. The zero-order valence-corrected chi connectivity index (χ0v) is 22.5. The molecule has 2 aliphatic rings. The minimum atomic E-state index is -5.05. The highest BCUT2D eigenvalue weighted by molar-refractivity contribution is 5.34.